The Kier molecular flexibility index (Phi) is 7.40. The Balaban J connectivity index is 1.61. The molecular weight excluding hydrogens is 386 g/mol. The molecule has 9 nitrogen and oxygen atoms in total. The predicted octanol–water partition coefficient (Wildman–Crippen LogP) is -0.321. The minimum absolute atomic E-state index is 0.0887. The highest BCUT2D eigenvalue weighted by atomic mass is 16.2. The molecule has 0 radical (unpaired) electrons. The molecule has 1 atom stereocenters. The summed E-state index contributed by atoms with van der Waals surface area (Å²) >= 11 is 0. The van der Waals surface area contributed by atoms with Crippen LogP contribution < -0.4 is 10.6 Å². The number of amides is 4. The van der Waals surface area contributed by atoms with Crippen LogP contribution in [0.1, 0.15) is 18.9 Å². The zero-order valence-corrected chi connectivity index (χ0v) is 17.3. The molecule has 1 aromatic carbocycles. The third-order valence-corrected chi connectivity index (χ3v) is 5.62. The molecule has 3 rings (SSSR count). The summed E-state index contributed by atoms with van der Waals surface area (Å²) in [6.45, 7) is 5.33. The summed E-state index contributed by atoms with van der Waals surface area (Å²) in [6, 6.07) is 6.72. The van der Waals surface area contributed by atoms with Crippen molar-refractivity contribution in [1.82, 2.24) is 20.0 Å². The Morgan fingerprint density at radius 1 is 1.17 bits per heavy atom. The lowest BCUT2D eigenvalue weighted by Crippen LogP contribution is -2.60. The van der Waals surface area contributed by atoms with Gasteiger partial charge in [0.05, 0.1) is 13.0 Å². The van der Waals surface area contributed by atoms with E-state index in [1.165, 1.54) is 4.90 Å². The van der Waals surface area contributed by atoms with Crippen LogP contribution in [0.5, 0.6) is 0 Å². The van der Waals surface area contributed by atoms with Gasteiger partial charge < -0.3 is 20.4 Å². The number of piperazine rings is 2. The lowest BCUT2D eigenvalue weighted by molar-refractivity contribution is -0.145. The average Bonchev–Trinajstić information content (AvgIpc) is 2.76. The molecule has 162 valence electrons. The molecule has 2 heterocycles. The molecule has 0 saturated carbocycles. The minimum Gasteiger partial charge on any atom is -0.353 e. The fraction of sp³-hybridized carbons (Fsp3) is 0.524. The fourth-order valence-corrected chi connectivity index (χ4v) is 3.85. The molecular formula is C21H29N5O4. The van der Waals surface area contributed by atoms with Crippen molar-refractivity contribution in [2.75, 3.05) is 51.1 Å². The molecule has 2 N–H and O–H groups in total. The number of anilines is 1. The number of hydrogen-bond acceptors (Lipinski definition) is 5. The summed E-state index contributed by atoms with van der Waals surface area (Å²) in [5, 5.41) is 5.63. The molecule has 9 heteroatoms. The first kappa shape index (κ1) is 21.8. The average molecular weight is 415 g/mol. The molecule has 2 aliphatic rings. The van der Waals surface area contributed by atoms with Gasteiger partial charge in [0.1, 0.15) is 6.04 Å². The third-order valence-electron chi connectivity index (χ3n) is 5.62. The van der Waals surface area contributed by atoms with Crippen LogP contribution in [0.15, 0.2) is 24.3 Å². The summed E-state index contributed by atoms with van der Waals surface area (Å²) in [6.07, 6.45) is 1.51. The van der Waals surface area contributed by atoms with Crippen molar-refractivity contribution in [2.24, 2.45) is 0 Å². The van der Waals surface area contributed by atoms with Gasteiger partial charge in [0, 0.05) is 45.0 Å². The molecule has 0 spiro atoms. The van der Waals surface area contributed by atoms with Gasteiger partial charge in [0.2, 0.25) is 24.1 Å². The molecule has 1 unspecified atom stereocenters. The van der Waals surface area contributed by atoms with E-state index in [9.17, 15) is 19.2 Å². The fourth-order valence-electron chi connectivity index (χ4n) is 3.85. The molecule has 1 aromatic rings. The molecule has 0 aromatic heterocycles. The number of carbonyl (C=O) groups is 4. The first-order valence-corrected chi connectivity index (χ1v) is 10.4. The van der Waals surface area contributed by atoms with E-state index < -0.39 is 6.04 Å². The summed E-state index contributed by atoms with van der Waals surface area (Å²) < 4.78 is 0. The van der Waals surface area contributed by atoms with Crippen molar-refractivity contribution in [3.05, 3.63) is 29.8 Å². The third kappa shape index (κ3) is 5.35. The zero-order chi connectivity index (χ0) is 21.5. The summed E-state index contributed by atoms with van der Waals surface area (Å²) in [4.78, 5) is 54.0. The van der Waals surface area contributed by atoms with E-state index in [0.29, 0.717) is 39.3 Å². The minimum atomic E-state index is -0.823. The molecule has 4 amide bonds. The summed E-state index contributed by atoms with van der Waals surface area (Å²) in [5.74, 6) is -0.772. The second kappa shape index (κ2) is 10.2. The zero-order valence-electron chi connectivity index (χ0n) is 17.3. The maximum absolute atomic E-state index is 12.9. The second-order valence-corrected chi connectivity index (χ2v) is 7.57. The number of carbonyl (C=O) groups excluding carboxylic acids is 4. The van der Waals surface area contributed by atoms with Gasteiger partial charge in [-0.1, -0.05) is 25.1 Å². The first-order valence-electron chi connectivity index (χ1n) is 10.4. The Labute approximate surface area is 176 Å². The predicted molar refractivity (Wildman–Crippen MR) is 112 cm³/mol. The highest BCUT2D eigenvalue weighted by Crippen LogP contribution is 2.17. The highest BCUT2D eigenvalue weighted by Gasteiger charge is 2.35. The van der Waals surface area contributed by atoms with Crippen molar-refractivity contribution >= 4 is 29.8 Å². The number of benzene rings is 1. The molecule has 2 fully saturated rings. The van der Waals surface area contributed by atoms with Crippen LogP contribution in [-0.4, -0.2) is 90.7 Å². The van der Waals surface area contributed by atoms with E-state index in [1.54, 1.807) is 4.90 Å². The number of para-hydroxylation sites is 1. The maximum atomic E-state index is 12.9. The molecule has 30 heavy (non-hydrogen) atoms. The van der Waals surface area contributed by atoms with Gasteiger partial charge in [-0.05, 0) is 18.1 Å². The number of rotatable bonds is 7. The highest BCUT2D eigenvalue weighted by molar-refractivity contribution is 5.98. The summed E-state index contributed by atoms with van der Waals surface area (Å²) in [5.41, 5.74) is 1.74. The molecule has 2 aliphatic heterocycles. The topological polar surface area (TPSA) is 102 Å². The van der Waals surface area contributed by atoms with Crippen molar-refractivity contribution in [1.29, 1.82) is 0 Å². The van der Waals surface area contributed by atoms with Crippen molar-refractivity contribution in [3.8, 4) is 0 Å². The van der Waals surface area contributed by atoms with Gasteiger partial charge in [-0.2, -0.15) is 0 Å². The molecule has 2 saturated heterocycles. The SMILES string of the molecule is CCc1ccccc1NC(=O)CC1C(=O)NCCN1C(=O)CN1CCN(C=O)CC1. The van der Waals surface area contributed by atoms with E-state index in [-0.39, 0.29) is 30.7 Å². The van der Waals surface area contributed by atoms with Crippen LogP contribution in [0.2, 0.25) is 0 Å². The van der Waals surface area contributed by atoms with Crippen molar-refractivity contribution in [3.63, 3.8) is 0 Å². The van der Waals surface area contributed by atoms with Crippen LogP contribution in [0.25, 0.3) is 0 Å². The van der Waals surface area contributed by atoms with E-state index in [1.807, 2.05) is 36.1 Å². The van der Waals surface area contributed by atoms with Gasteiger partial charge >= 0.3 is 0 Å². The Bertz CT molecular complexity index is 791. The standard InChI is InChI=1S/C21H29N5O4/c1-2-16-5-3-4-6-17(16)23-19(28)13-18-21(30)22-7-8-26(18)20(29)14-24-9-11-25(15-27)12-10-24/h3-6,15,18H,2,7-14H2,1H3,(H,22,30)(H,23,28). The lowest BCUT2D eigenvalue weighted by atomic mass is 10.1. The van der Waals surface area contributed by atoms with Crippen LogP contribution in [0, 0.1) is 0 Å². The Morgan fingerprint density at radius 3 is 2.60 bits per heavy atom. The van der Waals surface area contributed by atoms with Gasteiger partial charge in [0.25, 0.3) is 0 Å². The second-order valence-electron chi connectivity index (χ2n) is 7.57. The number of nitrogens with one attached hydrogen (secondary N) is 2. The Hall–Kier alpha value is -2.94. The lowest BCUT2D eigenvalue weighted by Gasteiger charge is -2.37. The molecule has 0 bridgehead atoms. The maximum Gasteiger partial charge on any atom is 0.243 e. The van der Waals surface area contributed by atoms with Gasteiger partial charge in [-0.25, -0.2) is 0 Å². The van der Waals surface area contributed by atoms with E-state index in [4.69, 9.17) is 0 Å². The molecule has 0 aliphatic carbocycles. The van der Waals surface area contributed by atoms with Gasteiger partial charge in [0.15, 0.2) is 0 Å². The van der Waals surface area contributed by atoms with Crippen molar-refractivity contribution < 1.29 is 19.2 Å². The summed E-state index contributed by atoms with van der Waals surface area (Å²) in [7, 11) is 0. The van der Waals surface area contributed by atoms with Crippen molar-refractivity contribution in [2.45, 2.75) is 25.8 Å². The van der Waals surface area contributed by atoms with Crippen LogP contribution in [-0.2, 0) is 25.6 Å². The number of nitrogens with zero attached hydrogens (tertiary/aromatic N) is 3. The van der Waals surface area contributed by atoms with E-state index >= 15 is 0 Å². The van der Waals surface area contributed by atoms with Crippen LogP contribution in [0.4, 0.5) is 5.69 Å². The Morgan fingerprint density at radius 2 is 1.90 bits per heavy atom. The quantitative estimate of drug-likeness (QED) is 0.595. The normalized spacial score (nSPS) is 19.9. The van der Waals surface area contributed by atoms with E-state index in [2.05, 4.69) is 10.6 Å². The van der Waals surface area contributed by atoms with E-state index in [0.717, 1.165) is 24.1 Å². The smallest absolute Gasteiger partial charge is 0.243 e. The van der Waals surface area contributed by atoms with Gasteiger partial charge in [-0.15, -0.1) is 0 Å². The number of hydrogen-bond donors (Lipinski definition) is 2. The number of aryl methyl sites for hydroxylation is 1. The van der Waals surface area contributed by atoms with Gasteiger partial charge in [-0.3, -0.25) is 24.1 Å². The monoisotopic (exact) mass is 415 g/mol. The largest absolute Gasteiger partial charge is 0.353 e. The first-order chi connectivity index (χ1) is 14.5. The van der Waals surface area contributed by atoms with Crippen LogP contribution in [0.3, 0.4) is 0 Å². The van der Waals surface area contributed by atoms with Crippen LogP contribution >= 0.6 is 0 Å².